The second-order valence-electron chi connectivity index (χ2n) is 3.39. The average Bonchev–Trinajstić information content (AvgIpc) is 2.20. The van der Waals surface area contributed by atoms with E-state index in [0.29, 0.717) is 10.9 Å². The maximum absolute atomic E-state index is 12.8. The van der Waals surface area contributed by atoms with Crippen LogP contribution in [-0.4, -0.2) is 18.9 Å². The van der Waals surface area contributed by atoms with Gasteiger partial charge in [-0.2, -0.15) is 0 Å². The molecule has 0 amide bonds. The zero-order valence-corrected chi connectivity index (χ0v) is 10.3. The summed E-state index contributed by atoms with van der Waals surface area (Å²) >= 11 is 3.23. The molecule has 1 aromatic carbocycles. The number of halogens is 2. The van der Waals surface area contributed by atoms with Gasteiger partial charge in [-0.05, 0) is 31.7 Å². The monoisotopic (exact) mass is 273 g/mol. The van der Waals surface area contributed by atoms with E-state index >= 15 is 0 Å². The van der Waals surface area contributed by atoms with Crippen LogP contribution < -0.4 is 5.32 Å². The highest BCUT2D eigenvalue weighted by molar-refractivity contribution is 9.10. The first-order valence-corrected chi connectivity index (χ1v) is 5.47. The third-order valence-electron chi connectivity index (χ3n) is 2.30. The Labute approximate surface area is 97.0 Å². The van der Waals surface area contributed by atoms with Gasteiger partial charge in [-0.25, -0.2) is 4.39 Å². The molecule has 0 aromatic heterocycles. The zero-order valence-electron chi connectivity index (χ0n) is 8.68. The largest absolute Gasteiger partial charge is 0.311 e. The second kappa shape index (κ2) is 5.37. The quantitative estimate of drug-likeness (QED) is 0.912. The highest BCUT2D eigenvalue weighted by atomic mass is 79.9. The van der Waals surface area contributed by atoms with E-state index in [0.717, 1.165) is 5.56 Å². The SMILES string of the molecule is CNC(C)C(=O)Cc1ccc(F)cc1Br. The van der Waals surface area contributed by atoms with Crippen LogP contribution in [0.25, 0.3) is 0 Å². The Morgan fingerprint density at radius 3 is 2.80 bits per heavy atom. The molecule has 0 aliphatic heterocycles. The highest BCUT2D eigenvalue weighted by Crippen LogP contribution is 2.18. The molecule has 0 bridgehead atoms. The van der Waals surface area contributed by atoms with E-state index in [1.54, 1.807) is 20.0 Å². The van der Waals surface area contributed by atoms with Crippen molar-refractivity contribution in [3.05, 3.63) is 34.1 Å². The van der Waals surface area contributed by atoms with Gasteiger partial charge in [0.2, 0.25) is 0 Å². The summed E-state index contributed by atoms with van der Waals surface area (Å²) in [5.74, 6) is -0.218. The first-order valence-electron chi connectivity index (χ1n) is 4.68. The fourth-order valence-corrected chi connectivity index (χ4v) is 1.66. The van der Waals surface area contributed by atoms with E-state index < -0.39 is 0 Å². The lowest BCUT2D eigenvalue weighted by atomic mass is 10.1. The van der Waals surface area contributed by atoms with Gasteiger partial charge in [0.25, 0.3) is 0 Å². The molecule has 1 unspecified atom stereocenters. The molecule has 0 saturated heterocycles. The highest BCUT2D eigenvalue weighted by Gasteiger charge is 2.12. The van der Waals surface area contributed by atoms with Crippen LogP contribution in [0.3, 0.4) is 0 Å². The molecule has 1 aromatic rings. The van der Waals surface area contributed by atoms with Gasteiger partial charge in [-0.3, -0.25) is 4.79 Å². The molecule has 15 heavy (non-hydrogen) atoms. The van der Waals surface area contributed by atoms with Gasteiger partial charge in [0.05, 0.1) is 6.04 Å². The molecule has 2 nitrogen and oxygen atoms in total. The molecule has 0 aliphatic rings. The second-order valence-corrected chi connectivity index (χ2v) is 4.24. The summed E-state index contributed by atoms with van der Waals surface area (Å²) < 4.78 is 13.4. The van der Waals surface area contributed by atoms with Crippen molar-refractivity contribution in [3.63, 3.8) is 0 Å². The number of likely N-dealkylation sites (N-methyl/N-ethyl adjacent to an activating group) is 1. The standard InChI is InChI=1S/C11H13BrFNO/c1-7(14-2)11(15)5-8-3-4-9(13)6-10(8)12/h3-4,6-7,14H,5H2,1-2H3. The Morgan fingerprint density at radius 1 is 1.60 bits per heavy atom. The molecule has 1 rings (SSSR count). The summed E-state index contributed by atoms with van der Waals surface area (Å²) in [5.41, 5.74) is 0.809. The lowest BCUT2D eigenvalue weighted by Crippen LogP contribution is -2.31. The number of hydrogen-bond acceptors (Lipinski definition) is 2. The molecule has 1 N–H and O–H groups in total. The molecular formula is C11H13BrFNO. The smallest absolute Gasteiger partial charge is 0.153 e. The molecule has 4 heteroatoms. The number of hydrogen-bond donors (Lipinski definition) is 1. The average molecular weight is 274 g/mol. The first kappa shape index (κ1) is 12.3. The summed E-state index contributed by atoms with van der Waals surface area (Å²) in [7, 11) is 1.74. The summed E-state index contributed by atoms with van der Waals surface area (Å²) in [6, 6.07) is 4.17. The molecule has 82 valence electrons. The van der Waals surface area contributed by atoms with Gasteiger partial charge < -0.3 is 5.32 Å². The summed E-state index contributed by atoms with van der Waals surface area (Å²) in [6.07, 6.45) is 0.308. The van der Waals surface area contributed by atoms with Crippen molar-refractivity contribution in [1.29, 1.82) is 0 Å². The predicted octanol–water partition coefficient (Wildman–Crippen LogP) is 2.31. The van der Waals surface area contributed by atoms with Crippen LogP contribution in [0.2, 0.25) is 0 Å². The maximum atomic E-state index is 12.8. The van der Waals surface area contributed by atoms with Crippen molar-refractivity contribution in [3.8, 4) is 0 Å². The van der Waals surface area contributed by atoms with E-state index in [1.807, 2.05) is 0 Å². The number of benzene rings is 1. The van der Waals surface area contributed by atoms with Gasteiger partial charge in [-0.1, -0.05) is 22.0 Å². The Kier molecular flexibility index (Phi) is 4.42. The van der Waals surface area contributed by atoms with Crippen LogP contribution in [0.1, 0.15) is 12.5 Å². The van der Waals surface area contributed by atoms with Crippen LogP contribution in [0.15, 0.2) is 22.7 Å². The Hall–Kier alpha value is -0.740. The van der Waals surface area contributed by atoms with Crippen LogP contribution in [0, 0.1) is 5.82 Å². The van der Waals surface area contributed by atoms with Crippen molar-refractivity contribution >= 4 is 21.7 Å². The first-order chi connectivity index (χ1) is 7.04. The van der Waals surface area contributed by atoms with Crippen LogP contribution in [0.5, 0.6) is 0 Å². The molecule has 0 aliphatic carbocycles. The van der Waals surface area contributed by atoms with E-state index in [-0.39, 0.29) is 17.6 Å². The van der Waals surface area contributed by atoms with E-state index in [4.69, 9.17) is 0 Å². The fraction of sp³-hybridized carbons (Fsp3) is 0.364. The van der Waals surface area contributed by atoms with Gasteiger partial charge in [-0.15, -0.1) is 0 Å². The lowest BCUT2D eigenvalue weighted by molar-refractivity contribution is -0.119. The Balaban J connectivity index is 2.77. The fourth-order valence-electron chi connectivity index (χ4n) is 1.17. The van der Waals surface area contributed by atoms with Gasteiger partial charge in [0.15, 0.2) is 5.78 Å². The summed E-state index contributed by atoms with van der Waals surface area (Å²) in [6.45, 7) is 1.81. The summed E-state index contributed by atoms with van der Waals surface area (Å²) in [5, 5.41) is 2.88. The predicted molar refractivity (Wildman–Crippen MR) is 61.3 cm³/mol. The number of rotatable bonds is 4. The minimum atomic E-state index is -0.306. The van der Waals surface area contributed by atoms with Gasteiger partial charge in [0, 0.05) is 10.9 Å². The molecule has 0 saturated carbocycles. The maximum Gasteiger partial charge on any atom is 0.153 e. The van der Waals surface area contributed by atoms with Gasteiger partial charge in [0.1, 0.15) is 5.82 Å². The van der Waals surface area contributed by atoms with Crippen molar-refractivity contribution in [1.82, 2.24) is 5.32 Å². The number of nitrogens with one attached hydrogen (secondary N) is 1. The van der Waals surface area contributed by atoms with Gasteiger partial charge >= 0.3 is 0 Å². The topological polar surface area (TPSA) is 29.1 Å². The molecule has 0 heterocycles. The third kappa shape index (κ3) is 3.39. The Bertz CT molecular complexity index is 368. The minimum absolute atomic E-state index is 0.0878. The molecule has 0 spiro atoms. The number of carbonyl (C=O) groups is 1. The zero-order chi connectivity index (χ0) is 11.4. The molecular weight excluding hydrogens is 261 g/mol. The van der Waals surface area contributed by atoms with Crippen LogP contribution >= 0.6 is 15.9 Å². The van der Waals surface area contributed by atoms with Crippen molar-refractivity contribution in [2.75, 3.05) is 7.05 Å². The number of ketones is 1. The Morgan fingerprint density at radius 2 is 2.27 bits per heavy atom. The minimum Gasteiger partial charge on any atom is -0.311 e. The molecule has 0 fully saturated rings. The van der Waals surface area contributed by atoms with Crippen molar-refractivity contribution < 1.29 is 9.18 Å². The number of Topliss-reactive ketones (excluding diaryl/α,β-unsaturated/α-hetero) is 1. The van der Waals surface area contributed by atoms with E-state index in [9.17, 15) is 9.18 Å². The van der Waals surface area contributed by atoms with E-state index in [2.05, 4.69) is 21.2 Å². The number of carbonyl (C=O) groups excluding carboxylic acids is 1. The van der Waals surface area contributed by atoms with E-state index in [1.165, 1.54) is 12.1 Å². The normalized spacial score (nSPS) is 12.5. The van der Waals surface area contributed by atoms with Crippen molar-refractivity contribution in [2.45, 2.75) is 19.4 Å². The lowest BCUT2D eigenvalue weighted by Gasteiger charge is -2.09. The van der Waals surface area contributed by atoms with Crippen molar-refractivity contribution in [2.24, 2.45) is 0 Å². The molecule has 0 radical (unpaired) electrons. The third-order valence-corrected chi connectivity index (χ3v) is 3.03. The molecule has 1 atom stereocenters. The van der Waals surface area contributed by atoms with Crippen LogP contribution in [0.4, 0.5) is 4.39 Å². The van der Waals surface area contributed by atoms with Crippen LogP contribution in [-0.2, 0) is 11.2 Å². The summed E-state index contributed by atoms with van der Waals surface area (Å²) in [4.78, 5) is 11.6.